The zero-order valence-electron chi connectivity index (χ0n) is 11.4. The van der Waals surface area contributed by atoms with E-state index in [1.807, 2.05) is 0 Å². The molecule has 24 heavy (non-hydrogen) atoms. The molecular weight excluding hydrogens is 388 g/mol. The van der Waals surface area contributed by atoms with Crippen molar-refractivity contribution in [3.8, 4) is 0 Å². The van der Waals surface area contributed by atoms with E-state index in [1.54, 1.807) is 0 Å². The van der Waals surface area contributed by atoms with Crippen LogP contribution in [0.4, 0.5) is 13.2 Å². The fourth-order valence-corrected chi connectivity index (χ4v) is 3.10. The van der Waals surface area contributed by atoms with Crippen LogP contribution in [0.25, 0.3) is 6.08 Å². The summed E-state index contributed by atoms with van der Waals surface area (Å²) < 4.78 is 38.2. The van der Waals surface area contributed by atoms with Gasteiger partial charge >= 0.3 is 6.18 Å². The van der Waals surface area contributed by atoms with Crippen LogP contribution in [0.1, 0.15) is 5.56 Å². The van der Waals surface area contributed by atoms with Crippen molar-refractivity contribution in [3.05, 3.63) is 39.4 Å². The highest BCUT2D eigenvalue weighted by Gasteiger charge is 2.46. The summed E-state index contributed by atoms with van der Waals surface area (Å²) in [5.74, 6) is -1.36. The zero-order chi connectivity index (χ0) is 17.6. The molecule has 2 aliphatic rings. The molecule has 1 aromatic carbocycles. The van der Waals surface area contributed by atoms with E-state index in [2.05, 4.69) is 10.1 Å². The van der Waals surface area contributed by atoms with Crippen molar-refractivity contribution < 1.29 is 18.0 Å². The fourth-order valence-electron chi connectivity index (χ4n) is 1.88. The number of alkyl halides is 3. The predicted molar refractivity (Wildman–Crippen MR) is 87.5 cm³/mol. The molecule has 0 spiro atoms. The molecule has 11 heteroatoms. The lowest BCUT2D eigenvalue weighted by Crippen LogP contribution is -2.35. The third kappa shape index (κ3) is 3.06. The summed E-state index contributed by atoms with van der Waals surface area (Å²) in [6.07, 6.45) is -3.42. The van der Waals surface area contributed by atoms with E-state index in [-0.39, 0.29) is 27.5 Å². The second-order valence-electron chi connectivity index (χ2n) is 4.59. The number of rotatable bonds is 1. The first-order chi connectivity index (χ1) is 11.2. The van der Waals surface area contributed by atoms with Crippen LogP contribution in [0.2, 0.25) is 10.0 Å². The first kappa shape index (κ1) is 17.0. The monoisotopic (exact) mass is 392 g/mol. The standard InChI is InChI=1S/C13H5Cl2F3N4OS/c14-6-2-1-5(8(15)4-6)3-7-9(19)22-12(20-10(7)23)24-11(21-22)13(16,17)18/h1-4,19H. The zero-order valence-corrected chi connectivity index (χ0v) is 13.7. The number of hydrazone groups is 1. The summed E-state index contributed by atoms with van der Waals surface area (Å²) in [6.45, 7) is 0. The van der Waals surface area contributed by atoms with Crippen LogP contribution in [0.15, 0.2) is 33.9 Å². The van der Waals surface area contributed by atoms with Crippen LogP contribution in [-0.2, 0) is 4.79 Å². The molecule has 1 amide bonds. The molecule has 0 atom stereocenters. The Morgan fingerprint density at radius 1 is 1.29 bits per heavy atom. The number of hydrogen-bond acceptors (Lipinski definition) is 4. The Bertz CT molecular complexity index is 863. The molecule has 0 saturated carbocycles. The molecule has 2 aliphatic heterocycles. The molecule has 0 aromatic heterocycles. The molecule has 124 valence electrons. The predicted octanol–water partition coefficient (Wildman–Crippen LogP) is 4.17. The van der Waals surface area contributed by atoms with Crippen LogP contribution >= 0.6 is 35.0 Å². The first-order valence-electron chi connectivity index (χ1n) is 6.19. The number of amidine groups is 2. The van der Waals surface area contributed by atoms with Gasteiger partial charge in [-0.05, 0) is 35.5 Å². The van der Waals surface area contributed by atoms with Gasteiger partial charge in [0.15, 0.2) is 5.84 Å². The van der Waals surface area contributed by atoms with Crippen molar-refractivity contribution >= 4 is 63.0 Å². The minimum Gasteiger partial charge on any atom is -0.282 e. The van der Waals surface area contributed by atoms with Crippen molar-refractivity contribution in [2.75, 3.05) is 0 Å². The van der Waals surface area contributed by atoms with Gasteiger partial charge in [-0.2, -0.15) is 28.3 Å². The van der Waals surface area contributed by atoms with E-state index in [4.69, 9.17) is 28.6 Å². The normalized spacial score (nSPS) is 19.5. The molecule has 0 bridgehead atoms. The number of thioether (sulfide) groups is 1. The van der Waals surface area contributed by atoms with Gasteiger partial charge in [0.2, 0.25) is 10.2 Å². The summed E-state index contributed by atoms with van der Waals surface area (Å²) in [4.78, 5) is 15.6. The lowest BCUT2D eigenvalue weighted by molar-refractivity contribution is -0.114. The summed E-state index contributed by atoms with van der Waals surface area (Å²) in [7, 11) is 0. The average Bonchev–Trinajstić information content (AvgIpc) is 2.89. The second kappa shape index (κ2) is 5.91. The lowest BCUT2D eigenvalue weighted by atomic mass is 10.1. The number of carbonyl (C=O) groups excluding carboxylic acids is 1. The smallest absolute Gasteiger partial charge is 0.282 e. The van der Waals surface area contributed by atoms with Gasteiger partial charge in [-0.15, -0.1) is 0 Å². The molecule has 5 nitrogen and oxygen atoms in total. The van der Waals surface area contributed by atoms with Crippen molar-refractivity contribution in [2.45, 2.75) is 6.18 Å². The fraction of sp³-hybridized carbons (Fsp3) is 0.0769. The molecule has 0 fully saturated rings. The van der Waals surface area contributed by atoms with Crippen molar-refractivity contribution in [1.29, 1.82) is 5.41 Å². The van der Waals surface area contributed by atoms with E-state index < -0.39 is 23.0 Å². The number of benzene rings is 1. The van der Waals surface area contributed by atoms with E-state index in [9.17, 15) is 18.0 Å². The van der Waals surface area contributed by atoms with Gasteiger partial charge in [-0.25, -0.2) is 0 Å². The number of fused-ring (bicyclic) bond motifs is 1. The molecule has 0 aliphatic carbocycles. The maximum absolute atomic E-state index is 12.7. The van der Waals surface area contributed by atoms with Crippen LogP contribution in [0.3, 0.4) is 0 Å². The third-order valence-corrected chi connectivity index (χ3v) is 4.48. The highest BCUT2D eigenvalue weighted by atomic mass is 35.5. The summed E-state index contributed by atoms with van der Waals surface area (Å²) in [6, 6.07) is 4.48. The Labute approximate surface area is 147 Å². The SMILES string of the molecule is N=C1C(=Cc2ccc(Cl)cc2Cl)C(=O)N=C2SC(C(F)(F)F)=NN12. The minimum atomic E-state index is -4.68. The Morgan fingerprint density at radius 2 is 2.00 bits per heavy atom. The van der Waals surface area contributed by atoms with Gasteiger partial charge in [-0.1, -0.05) is 29.3 Å². The number of amides is 1. The first-order valence-corrected chi connectivity index (χ1v) is 7.76. The minimum absolute atomic E-state index is 0.191. The molecule has 0 unspecified atom stereocenters. The highest BCUT2D eigenvalue weighted by Crippen LogP contribution is 2.35. The van der Waals surface area contributed by atoms with E-state index >= 15 is 0 Å². The highest BCUT2D eigenvalue weighted by molar-refractivity contribution is 8.27. The maximum Gasteiger partial charge on any atom is 0.441 e. The van der Waals surface area contributed by atoms with Crippen LogP contribution in [0.5, 0.6) is 0 Å². The Balaban J connectivity index is 2.01. The average molecular weight is 393 g/mol. The second-order valence-corrected chi connectivity index (χ2v) is 6.39. The quantitative estimate of drug-likeness (QED) is 0.729. The van der Waals surface area contributed by atoms with Gasteiger partial charge < -0.3 is 0 Å². The third-order valence-electron chi connectivity index (χ3n) is 2.96. The van der Waals surface area contributed by atoms with Crippen molar-refractivity contribution in [2.24, 2.45) is 10.1 Å². The van der Waals surface area contributed by atoms with Gasteiger partial charge in [-0.3, -0.25) is 10.2 Å². The number of halogens is 5. The number of nitrogens with zero attached hydrogens (tertiary/aromatic N) is 3. The van der Waals surface area contributed by atoms with Crippen molar-refractivity contribution in [3.63, 3.8) is 0 Å². The van der Waals surface area contributed by atoms with E-state index in [0.717, 1.165) is 0 Å². The van der Waals surface area contributed by atoms with Gasteiger partial charge in [0, 0.05) is 10.0 Å². The summed E-state index contributed by atoms with van der Waals surface area (Å²) in [5.41, 5.74) is 0.149. The van der Waals surface area contributed by atoms with Gasteiger partial charge in [0.25, 0.3) is 5.91 Å². The molecule has 0 saturated heterocycles. The molecule has 1 N–H and O–H groups in total. The molecular formula is C13H5Cl2F3N4OS. The largest absolute Gasteiger partial charge is 0.441 e. The van der Waals surface area contributed by atoms with Crippen LogP contribution < -0.4 is 0 Å². The summed E-state index contributed by atoms with van der Waals surface area (Å²) in [5, 5.41) is 11.0. The maximum atomic E-state index is 12.7. The number of carbonyl (C=O) groups is 1. The van der Waals surface area contributed by atoms with Gasteiger partial charge in [0.05, 0.1) is 5.57 Å². The molecule has 0 radical (unpaired) electrons. The lowest BCUT2D eigenvalue weighted by Gasteiger charge is -2.20. The number of hydrogen-bond donors (Lipinski definition) is 1. The number of nitrogens with one attached hydrogen (secondary N) is 1. The summed E-state index contributed by atoms with van der Waals surface area (Å²) >= 11 is 12.0. The van der Waals surface area contributed by atoms with Crippen LogP contribution in [-0.4, -0.2) is 33.1 Å². The Morgan fingerprint density at radius 3 is 2.62 bits per heavy atom. The van der Waals surface area contributed by atoms with E-state index in [1.165, 1.54) is 24.3 Å². The molecule has 3 rings (SSSR count). The number of aliphatic imine (C=N–C) groups is 1. The van der Waals surface area contributed by atoms with Gasteiger partial charge in [0.1, 0.15) is 0 Å². The topological polar surface area (TPSA) is 68.9 Å². The molecule has 1 aromatic rings. The van der Waals surface area contributed by atoms with Crippen LogP contribution in [0, 0.1) is 5.41 Å². The molecule has 2 heterocycles. The Hall–Kier alpha value is -1.84. The van der Waals surface area contributed by atoms with E-state index in [0.29, 0.717) is 15.6 Å². The Kier molecular flexibility index (Phi) is 4.18. The van der Waals surface area contributed by atoms with Crippen molar-refractivity contribution in [1.82, 2.24) is 5.01 Å².